The molecule has 130 valence electrons. The van der Waals surface area contributed by atoms with Gasteiger partial charge in [0.15, 0.2) is 0 Å². The van der Waals surface area contributed by atoms with Gasteiger partial charge in [0.25, 0.3) is 0 Å². The molecule has 1 aliphatic heterocycles. The van der Waals surface area contributed by atoms with E-state index >= 15 is 0 Å². The first-order chi connectivity index (χ1) is 11.4. The number of thioether (sulfide) groups is 1. The first-order valence-electron chi connectivity index (χ1n) is 7.84. The molecule has 0 spiro atoms. The van der Waals surface area contributed by atoms with Crippen LogP contribution in [0.15, 0.2) is 11.0 Å². The summed E-state index contributed by atoms with van der Waals surface area (Å²) < 4.78 is 26.9. The van der Waals surface area contributed by atoms with Gasteiger partial charge in [0.05, 0.1) is 22.7 Å². The Bertz CT molecular complexity index is 844. The average Bonchev–Trinajstić information content (AvgIpc) is 3.26. The maximum absolute atomic E-state index is 12.0. The molecule has 1 saturated carbocycles. The highest BCUT2D eigenvalue weighted by Crippen LogP contribution is 2.34. The van der Waals surface area contributed by atoms with Gasteiger partial charge in [0.1, 0.15) is 5.82 Å². The number of aromatic nitrogens is 2. The standard InChI is InChI=1S/C15H20N4O3S2/c1-18(24(21,22)12-6-7-12)8-2-4-11-10-19(13-5-3-9-23-13)15(20)17-14(11)16/h10,12-13H,3,5-9H2,1H3,(H2,16,17,20). The van der Waals surface area contributed by atoms with Crippen molar-refractivity contribution in [1.82, 2.24) is 13.9 Å². The van der Waals surface area contributed by atoms with E-state index in [1.54, 1.807) is 22.5 Å². The van der Waals surface area contributed by atoms with Gasteiger partial charge in [-0.3, -0.25) is 4.57 Å². The molecule has 1 atom stereocenters. The number of rotatable bonds is 4. The molecule has 1 aliphatic carbocycles. The Balaban J connectivity index is 1.78. The fraction of sp³-hybridized carbons (Fsp3) is 0.600. The molecule has 0 bridgehead atoms. The topological polar surface area (TPSA) is 98.3 Å². The van der Waals surface area contributed by atoms with Crippen LogP contribution in [0.1, 0.15) is 36.6 Å². The third kappa shape index (κ3) is 3.61. The second kappa shape index (κ2) is 6.78. The van der Waals surface area contributed by atoms with Gasteiger partial charge in [-0.25, -0.2) is 13.2 Å². The summed E-state index contributed by atoms with van der Waals surface area (Å²) in [6.07, 6.45) is 5.07. The van der Waals surface area contributed by atoms with E-state index in [2.05, 4.69) is 16.8 Å². The van der Waals surface area contributed by atoms with Crippen LogP contribution in [-0.2, 0) is 10.0 Å². The number of nitrogens with two attached hydrogens (primary N) is 1. The van der Waals surface area contributed by atoms with Crippen LogP contribution in [0.25, 0.3) is 0 Å². The van der Waals surface area contributed by atoms with Gasteiger partial charge >= 0.3 is 5.69 Å². The van der Waals surface area contributed by atoms with Crippen molar-refractivity contribution < 1.29 is 8.42 Å². The maximum atomic E-state index is 12.0. The van der Waals surface area contributed by atoms with Crippen molar-refractivity contribution in [3.8, 4) is 11.8 Å². The summed E-state index contributed by atoms with van der Waals surface area (Å²) in [5.41, 5.74) is 5.87. The van der Waals surface area contributed by atoms with Crippen molar-refractivity contribution >= 4 is 27.6 Å². The molecule has 2 N–H and O–H groups in total. The van der Waals surface area contributed by atoms with Crippen LogP contribution in [0.3, 0.4) is 0 Å². The van der Waals surface area contributed by atoms with E-state index in [9.17, 15) is 13.2 Å². The summed E-state index contributed by atoms with van der Waals surface area (Å²) in [7, 11) is -1.71. The van der Waals surface area contributed by atoms with Crippen molar-refractivity contribution in [3.63, 3.8) is 0 Å². The normalized spacial score (nSPS) is 20.8. The van der Waals surface area contributed by atoms with Crippen LogP contribution in [0.4, 0.5) is 5.82 Å². The fourth-order valence-corrected chi connectivity index (χ4v) is 5.26. The summed E-state index contributed by atoms with van der Waals surface area (Å²) >= 11 is 1.71. The summed E-state index contributed by atoms with van der Waals surface area (Å²) in [6, 6.07) is 0. The van der Waals surface area contributed by atoms with Crippen LogP contribution in [0, 0.1) is 11.8 Å². The van der Waals surface area contributed by atoms with Crippen molar-refractivity contribution in [2.75, 3.05) is 25.1 Å². The second-order valence-electron chi connectivity index (χ2n) is 6.00. The van der Waals surface area contributed by atoms with Crippen molar-refractivity contribution in [1.29, 1.82) is 0 Å². The summed E-state index contributed by atoms with van der Waals surface area (Å²) in [4.78, 5) is 15.8. The number of hydrogen-bond acceptors (Lipinski definition) is 6. The largest absolute Gasteiger partial charge is 0.382 e. The monoisotopic (exact) mass is 368 g/mol. The van der Waals surface area contributed by atoms with Gasteiger partial charge in [-0.15, -0.1) is 11.8 Å². The number of hydrogen-bond donors (Lipinski definition) is 1. The maximum Gasteiger partial charge on any atom is 0.350 e. The Labute approximate surface area is 145 Å². The van der Waals surface area contributed by atoms with Gasteiger partial charge in [-0.05, 0) is 31.4 Å². The molecule has 9 heteroatoms. The number of anilines is 1. The minimum Gasteiger partial charge on any atom is -0.382 e. The molecule has 0 radical (unpaired) electrons. The summed E-state index contributed by atoms with van der Waals surface area (Å²) in [6.45, 7) is 0.0928. The molecule has 1 aromatic rings. The number of nitrogen functional groups attached to an aromatic ring is 1. The van der Waals surface area contributed by atoms with E-state index in [0.29, 0.717) is 5.56 Å². The Kier molecular flexibility index (Phi) is 4.90. The molecular formula is C15H20N4O3S2. The number of sulfonamides is 1. The van der Waals surface area contributed by atoms with Crippen LogP contribution < -0.4 is 11.4 Å². The first-order valence-corrected chi connectivity index (χ1v) is 10.4. The Hall–Kier alpha value is -1.50. The third-order valence-corrected chi connectivity index (χ3v) is 7.79. The van der Waals surface area contributed by atoms with E-state index in [4.69, 9.17) is 5.73 Å². The van der Waals surface area contributed by atoms with E-state index in [0.717, 1.165) is 31.4 Å². The predicted molar refractivity (Wildman–Crippen MR) is 95.1 cm³/mol. The zero-order chi connectivity index (χ0) is 17.3. The second-order valence-corrected chi connectivity index (χ2v) is 9.61. The van der Waals surface area contributed by atoms with Crippen molar-refractivity contribution in [3.05, 3.63) is 22.2 Å². The smallest absolute Gasteiger partial charge is 0.350 e. The average molecular weight is 368 g/mol. The summed E-state index contributed by atoms with van der Waals surface area (Å²) in [5.74, 6) is 6.78. The molecule has 1 aromatic heterocycles. The third-order valence-electron chi connectivity index (χ3n) is 4.10. The van der Waals surface area contributed by atoms with Crippen molar-refractivity contribution in [2.24, 2.45) is 0 Å². The molecule has 1 saturated heterocycles. The van der Waals surface area contributed by atoms with Crippen LogP contribution in [-0.4, -0.2) is 46.9 Å². The fourth-order valence-electron chi connectivity index (χ4n) is 2.52. The molecule has 2 fully saturated rings. The Morgan fingerprint density at radius 1 is 1.46 bits per heavy atom. The highest BCUT2D eigenvalue weighted by Gasteiger charge is 2.38. The minimum absolute atomic E-state index is 0.0732. The zero-order valence-electron chi connectivity index (χ0n) is 13.4. The first kappa shape index (κ1) is 17.3. The molecule has 24 heavy (non-hydrogen) atoms. The lowest BCUT2D eigenvalue weighted by molar-refractivity contribution is 0.501. The molecule has 0 aromatic carbocycles. The lowest BCUT2D eigenvalue weighted by Gasteiger charge is -2.13. The van der Waals surface area contributed by atoms with Crippen LogP contribution in [0.2, 0.25) is 0 Å². The van der Waals surface area contributed by atoms with E-state index in [-0.39, 0.29) is 28.7 Å². The van der Waals surface area contributed by atoms with E-state index < -0.39 is 10.0 Å². The van der Waals surface area contributed by atoms with Gasteiger partial charge in [0.2, 0.25) is 10.0 Å². The molecule has 7 nitrogen and oxygen atoms in total. The molecule has 2 aliphatic rings. The molecule has 1 unspecified atom stereocenters. The van der Waals surface area contributed by atoms with Gasteiger partial charge < -0.3 is 5.73 Å². The lowest BCUT2D eigenvalue weighted by Crippen LogP contribution is -2.30. The minimum atomic E-state index is -3.23. The molecule has 2 heterocycles. The molecule has 3 rings (SSSR count). The Morgan fingerprint density at radius 3 is 2.83 bits per heavy atom. The highest BCUT2D eigenvalue weighted by molar-refractivity contribution is 7.99. The molecular weight excluding hydrogens is 348 g/mol. The molecule has 0 amide bonds. The highest BCUT2D eigenvalue weighted by atomic mass is 32.2. The van der Waals surface area contributed by atoms with Gasteiger partial charge in [-0.1, -0.05) is 11.8 Å². The quantitative estimate of drug-likeness (QED) is 0.783. The van der Waals surface area contributed by atoms with E-state index in [1.807, 2.05) is 0 Å². The lowest BCUT2D eigenvalue weighted by atomic mass is 10.3. The summed E-state index contributed by atoms with van der Waals surface area (Å²) in [5, 5.41) is -0.179. The zero-order valence-corrected chi connectivity index (χ0v) is 15.1. The van der Waals surface area contributed by atoms with E-state index in [1.165, 1.54) is 11.4 Å². The number of nitrogens with zero attached hydrogens (tertiary/aromatic N) is 3. The predicted octanol–water partition coefficient (Wildman–Crippen LogP) is 0.627. The van der Waals surface area contributed by atoms with Crippen molar-refractivity contribution in [2.45, 2.75) is 36.3 Å². The van der Waals surface area contributed by atoms with Gasteiger partial charge in [0, 0.05) is 13.2 Å². The van der Waals surface area contributed by atoms with Crippen LogP contribution >= 0.6 is 11.8 Å². The van der Waals surface area contributed by atoms with Gasteiger partial charge in [-0.2, -0.15) is 9.29 Å². The Morgan fingerprint density at radius 2 is 2.21 bits per heavy atom. The van der Waals surface area contributed by atoms with Crippen LogP contribution in [0.5, 0.6) is 0 Å². The SMILES string of the molecule is CN(CC#Cc1cn(C2CCCS2)c(=O)nc1N)S(=O)(=O)C1CC1.